The van der Waals surface area contributed by atoms with Crippen LogP contribution in [0.25, 0.3) is 0 Å². The molecule has 0 spiro atoms. The van der Waals surface area contributed by atoms with Crippen molar-refractivity contribution in [3.8, 4) is 0 Å². The van der Waals surface area contributed by atoms with E-state index in [2.05, 4.69) is 4.98 Å². The summed E-state index contributed by atoms with van der Waals surface area (Å²) in [5.41, 5.74) is 5.51. The first-order valence-electron chi connectivity index (χ1n) is 3.03. The number of hydrogen-bond acceptors (Lipinski definition) is 2. The average Bonchev–Trinajstić information content (AvgIpc) is 1.85. The molecule has 1 aromatic heterocycles. The zero-order valence-corrected chi connectivity index (χ0v) is 5.97. The summed E-state index contributed by atoms with van der Waals surface area (Å²) in [6, 6.07) is 1.22. The second-order valence-electron chi connectivity index (χ2n) is 2.18. The lowest BCUT2D eigenvalue weighted by molar-refractivity contribution is 0.0995. The molecule has 2 N–H and O–H groups in total. The summed E-state index contributed by atoms with van der Waals surface area (Å²) in [6.45, 7) is 1.58. The number of nitrogens with zero attached hydrogens (tertiary/aromatic N) is 1. The number of carbonyl (C=O) groups excluding carboxylic acids is 1. The third-order valence-electron chi connectivity index (χ3n) is 1.28. The minimum Gasteiger partial charge on any atom is -0.364 e. The Morgan fingerprint density at radius 3 is 2.82 bits per heavy atom. The van der Waals surface area contributed by atoms with Gasteiger partial charge in [-0.3, -0.25) is 4.79 Å². The van der Waals surface area contributed by atoms with Crippen LogP contribution in [0.2, 0.25) is 0 Å². The maximum Gasteiger partial charge on any atom is 0.267 e. The number of amides is 1. The molecule has 0 fully saturated rings. The second kappa shape index (κ2) is 2.65. The standard InChI is InChI=1S/C7H7FN2O/c1-4-2-5(8)3-10-6(4)7(9)11/h2-3H,1H3,(H2,9,11). The number of hydrogen-bond donors (Lipinski definition) is 1. The van der Waals surface area contributed by atoms with E-state index in [1.54, 1.807) is 6.92 Å². The van der Waals surface area contributed by atoms with Gasteiger partial charge in [0.15, 0.2) is 0 Å². The van der Waals surface area contributed by atoms with Gasteiger partial charge < -0.3 is 5.73 Å². The van der Waals surface area contributed by atoms with E-state index in [1.807, 2.05) is 0 Å². The first-order valence-corrected chi connectivity index (χ1v) is 3.03. The minimum absolute atomic E-state index is 0.117. The highest BCUT2D eigenvalue weighted by Crippen LogP contribution is 2.04. The zero-order chi connectivity index (χ0) is 8.43. The molecule has 3 nitrogen and oxygen atoms in total. The van der Waals surface area contributed by atoms with Gasteiger partial charge in [-0.25, -0.2) is 9.37 Å². The van der Waals surface area contributed by atoms with Crippen LogP contribution in [-0.4, -0.2) is 10.9 Å². The SMILES string of the molecule is Cc1cc(F)cnc1C(N)=O. The number of nitrogens with two attached hydrogens (primary N) is 1. The predicted octanol–water partition coefficient (Wildman–Crippen LogP) is 0.628. The van der Waals surface area contributed by atoms with Crippen LogP contribution in [0.3, 0.4) is 0 Å². The Kier molecular flexibility index (Phi) is 1.85. The summed E-state index contributed by atoms with van der Waals surface area (Å²) in [7, 11) is 0. The Morgan fingerprint density at radius 2 is 2.36 bits per heavy atom. The Bertz CT molecular complexity index is 298. The molecular formula is C7H7FN2O. The topological polar surface area (TPSA) is 56.0 Å². The summed E-state index contributed by atoms with van der Waals surface area (Å²) >= 11 is 0. The largest absolute Gasteiger partial charge is 0.364 e. The molecule has 0 unspecified atom stereocenters. The van der Waals surface area contributed by atoms with Crippen molar-refractivity contribution < 1.29 is 9.18 Å². The minimum atomic E-state index is -0.637. The van der Waals surface area contributed by atoms with Gasteiger partial charge in [-0.05, 0) is 18.6 Å². The van der Waals surface area contributed by atoms with Gasteiger partial charge in [-0.1, -0.05) is 0 Å². The molecule has 0 saturated heterocycles. The number of halogens is 1. The number of aromatic nitrogens is 1. The van der Waals surface area contributed by atoms with Crippen LogP contribution >= 0.6 is 0 Å². The molecular weight excluding hydrogens is 147 g/mol. The molecule has 0 aromatic carbocycles. The van der Waals surface area contributed by atoms with Crippen LogP contribution in [0.1, 0.15) is 16.1 Å². The molecule has 1 aromatic rings. The Labute approximate surface area is 63.0 Å². The van der Waals surface area contributed by atoms with Crippen molar-refractivity contribution in [2.24, 2.45) is 5.73 Å². The molecule has 1 rings (SSSR count). The molecule has 4 heteroatoms. The highest BCUT2D eigenvalue weighted by atomic mass is 19.1. The summed E-state index contributed by atoms with van der Waals surface area (Å²) in [6.07, 6.45) is 0.965. The van der Waals surface area contributed by atoms with Crippen molar-refractivity contribution in [3.05, 3.63) is 29.3 Å². The number of rotatable bonds is 1. The zero-order valence-electron chi connectivity index (χ0n) is 5.97. The van der Waals surface area contributed by atoms with Crippen molar-refractivity contribution in [3.63, 3.8) is 0 Å². The molecule has 1 heterocycles. The van der Waals surface area contributed by atoms with Gasteiger partial charge >= 0.3 is 0 Å². The van der Waals surface area contributed by atoms with Gasteiger partial charge in [0.05, 0.1) is 6.20 Å². The van der Waals surface area contributed by atoms with Crippen LogP contribution in [0.15, 0.2) is 12.3 Å². The van der Waals surface area contributed by atoms with Crippen molar-refractivity contribution in [1.82, 2.24) is 4.98 Å². The maximum atomic E-state index is 12.4. The van der Waals surface area contributed by atoms with Crippen LogP contribution in [-0.2, 0) is 0 Å². The van der Waals surface area contributed by atoms with E-state index in [1.165, 1.54) is 6.07 Å². The van der Waals surface area contributed by atoms with Gasteiger partial charge in [-0.15, -0.1) is 0 Å². The Hall–Kier alpha value is -1.45. The van der Waals surface area contributed by atoms with E-state index in [4.69, 9.17) is 5.73 Å². The maximum absolute atomic E-state index is 12.4. The number of carbonyl (C=O) groups is 1. The number of pyridine rings is 1. The summed E-state index contributed by atoms with van der Waals surface area (Å²) in [4.78, 5) is 14.1. The molecule has 1 amide bonds. The molecule has 0 atom stereocenters. The lowest BCUT2D eigenvalue weighted by atomic mass is 10.2. The van der Waals surface area contributed by atoms with Gasteiger partial charge in [0.25, 0.3) is 5.91 Å². The molecule has 0 aliphatic carbocycles. The van der Waals surface area contributed by atoms with Crippen LogP contribution in [0.5, 0.6) is 0 Å². The quantitative estimate of drug-likeness (QED) is 0.644. The smallest absolute Gasteiger partial charge is 0.267 e. The molecule has 0 aliphatic rings. The van der Waals surface area contributed by atoms with E-state index in [0.29, 0.717) is 5.56 Å². The van der Waals surface area contributed by atoms with Crippen molar-refractivity contribution in [2.45, 2.75) is 6.92 Å². The van der Waals surface area contributed by atoms with Crippen molar-refractivity contribution >= 4 is 5.91 Å². The van der Waals surface area contributed by atoms with Gasteiger partial charge in [0.2, 0.25) is 0 Å². The van der Waals surface area contributed by atoms with Crippen molar-refractivity contribution in [1.29, 1.82) is 0 Å². The molecule has 0 radical (unpaired) electrons. The highest BCUT2D eigenvalue weighted by Gasteiger charge is 2.05. The fourth-order valence-electron chi connectivity index (χ4n) is 0.798. The summed E-state index contributed by atoms with van der Waals surface area (Å²) in [5, 5.41) is 0. The van der Waals surface area contributed by atoms with Crippen LogP contribution in [0, 0.1) is 12.7 Å². The average molecular weight is 154 g/mol. The van der Waals surface area contributed by atoms with Gasteiger partial charge in [-0.2, -0.15) is 0 Å². The van der Waals surface area contributed by atoms with Gasteiger partial charge in [0.1, 0.15) is 11.5 Å². The number of aryl methyl sites for hydroxylation is 1. The third-order valence-corrected chi connectivity index (χ3v) is 1.28. The molecule has 0 aliphatic heterocycles. The fraction of sp³-hybridized carbons (Fsp3) is 0.143. The lowest BCUT2D eigenvalue weighted by Crippen LogP contribution is -2.14. The van der Waals surface area contributed by atoms with E-state index in [-0.39, 0.29) is 5.69 Å². The summed E-state index contributed by atoms with van der Waals surface area (Å²) in [5.74, 6) is -1.10. The van der Waals surface area contributed by atoms with Crippen LogP contribution < -0.4 is 5.73 Å². The monoisotopic (exact) mass is 154 g/mol. The molecule has 11 heavy (non-hydrogen) atoms. The second-order valence-corrected chi connectivity index (χ2v) is 2.18. The van der Waals surface area contributed by atoms with E-state index in [0.717, 1.165) is 6.20 Å². The normalized spacial score (nSPS) is 9.64. The first kappa shape index (κ1) is 7.65. The van der Waals surface area contributed by atoms with E-state index >= 15 is 0 Å². The predicted molar refractivity (Wildman–Crippen MR) is 37.4 cm³/mol. The Balaban J connectivity index is 3.20. The molecule has 58 valence electrons. The summed E-state index contributed by atoms with van der Waals surface area (Å²) < 4.78 is 12.4. The number of primary amides is 1. The van der Waals surface area contributed by atoms with Crippen molar-refractivity contribution in [2.75, 3.05) is 0 Å². The van der Waals surface area contributed by atoms with E-state index in [9.17, 15) is 9.18 Å². The third kappa shape index (κ3) is 1.52. The van der Waals surface area contributed by atoms with E-state index < -0.39 is 11.7 Å². The first-order chi connectivity index (χ1) is 5.11. The van der Waals surface area contributed by atoms with Gasteiger partial charge in [0, 0.05) is 0 Å². The Morgan fingerprint density at radius 1 is 1.73 bits per heavy atom. The lowest BCUT2D eigenvalue weighted by Gasteiger charge is -1.98. The fourth-order valence-corrected chi connectivity index (χ4v) is 0.798. The van der Waals surface area contributed by atoms with Crippen LogP contribution in [0.4, 0.5) is 4.39 Å². The molecule has 0 saturated carbocycles. The molecule has 0 bridgehead atoms. The highest BCUT2D eigenvalue weighted by molar-refractivity contribution is 5.92.